The van der Waals surface area contributed by atoms with E-state index in [-0.39, 0.29) is 11.7 Å². The first-order chi connectivity index (χ1) is 12.1. The van der Waals surface area contributed by atoms with Crippen LogP contribution in [-0.2, 0) is 18.4 Å². The number of aromatic nitrogens is 3. The van der Waals surface area contributed by atoms with E-state index in [1.165, 1.54) is 18.2 Å². The predicted octanol–water partition coefficient (Wildman–Crippen LogP) is 3.09. The number of hydrogen-bond donors (Lipinski definition) is 1. The zero-order valence-corrected chi connectivity index (χ0v) is 13.7. The number of nitrogens with one attached hydrogen (secondary N) is 1. The Labute approximate surface area is 144 Å². The van der Waals surface area contributed by atoms with Crippen molar-refractivity contribution < 1.29 is 9.18 Å². The highest BCUT2D eigenvalue weighted by Gasteiger charge is 2.11. The van der Waals surface area contributed by atoms with Crippen LogP contribution in [0.5, 0.6) is 0 Å². The quantitative estimate of drug-likeness (QED) is 0.729. The first-order valence-electron chi connectivity index (χ1n) is 7.72. The van der Waals surface area contributed by atoms with Crippen molar-refractivity contribution >= 4 is 5.91 Å². The molecule has 0 spiro atoms. The van der Waals surface area contributed by atoms with Gasteiger partial charge in [0.2, 0.25) is 5.91 Å². The van der Waals surface area contributed by atoms with E-state index in [1.807, 2.05) is 24.4 Å². The molecule has 1 N–H and O–H groups in total. The van der Waals surface area contributed by atoms with Crippen LogP contribution in [0.2, 0.25) is 0 Å². The van der Waals surface area contributed by atoms with E-state index in [4.69, 9.17) is 0 Å². The van der Waals surface area contributed by atoms with Crippen LogP contribution in [0.15, 0.2) is 61.3 Å². The topological polar surface area (TPSA) is 59.8 Å². The number of benzene rings is 2. The van der Waals surface area contributed by atoms with Crippen LogP contribution in [-0.4, -0.2) is 20.9 Å². The molecule has 0 aliphatic carbocycles. The van der Waals surface area contributed by atoms with E-state index in [2.05, 4.69) is 22.2 Å². The van der Waals surface area contributed by atoms with Gasteiger partial charge in [0.1, 0.15) is 11.5 Å². The standard InChI is InChI=1S/C19H17FN4O/c1-3-19(25)21-11-15-5-4-14(13-6-8-16(20)9-7-13)10-17(15)18-12-24(2)23-22-18/h3-10,12H,1,11H2,2H3,(H,21,25). The van der Waals surface area contributed by atoms with E-state index < -0.39 is 0 Å². The van der Waals surface area contributed by atoms with Crippen LogP contribution >= 0.6 is 0 Å². The highest BCUT2D eigenvalue weighted by molar-refractivity contribution is 5.87. The molecule has 0 aliphatic rings. The smallest absolute Gasteiger partial charge is 0.243 e. The van der Waals surface area contributed by atoms with Gasteiger partial charge in [-0.05, 0) is 41.0 Å². The maximum atomic E-state index is 13.2. The lowest BCUT2D eigenvalue weighted by Crippen LogP contribution is -2.20. The molecular weight excluding hydrogens is 319 g/mol. The number of halogens is 1. The lowest BCUT2D eigenvalue weighted by molar-refractivity contribution is -0.116. The summed E-state index contributed by atoms with van der Waals surface area (Å²) in [5.74, 6) is -0.519. The van der Waals surface area contributed by atoms with E-state index in [1.54, 1.807) is 23.9 Å². The van der Waals surface area contributed by atoms with Gasteiger partial charge in [-0.2, -0.15) is 0 Å². The van der Waals surface area contributed by atoms with Crippen molar-refractivity contribution in [3.8, 4) is 22.4 Å². The molecule has 1 heterocycles. The fourth-order valence-corrected chi connectivity index (χ4v) is 2.52. The maximum absolute atomic E-state index is 13.2. The average Bonchev–Trinajstić information content (AvgIpc) is 3.06. The zero-order chi connectivity index (χ0) is 17.8. The van der Waals surface area contributed by atoms with Crippen LogP contribution in [0.3, 0.4) is 0 Å². The van der Waals surface area contributed by atoms with Gasteiger partial charge in [-0.3, -0.25) is 9.48 Å². The molecule has 25 heavy (non-hydrogen) atoms. The first kappa shape index (κ1) is 16.6. The molecule has 0 atom stereocenters. The lowest BCUT2D eigenvalue weighted by atomic mass is 9.97. The van der Waals surface area contributed by atoms with Crippen LogP contribution in [0.4, 0.5) is 4.39 Å². The highest BCUT2D eigenvalue weighted by atomic mass is 19.1. The van der Waals surface area contributed by atoms with Crippen molar-refractivity contribution in [1.29, 1.82) is 0 Å². The molecule has 6 heteroatoms. The van der Waals surface area contributed by atoms with Crippen LogP contribution in [0.25, 0.3) is 22.4 Å². The molecule has 3 aromatic rings. The van der Waals surface area contributed by atoms with Crippen molar-refractivity contribution in [2.45, 2.75) is 6.54 Å². The summed E-state index contributed by atoms with van der Waals surface area (Å²) in [6, 6.07) is 12.1. The Balaban J connectivity index is 2.02. The normalized spacial score (nSPS) is 10.5. The maximum Gasteiger partial charge on any atom is 0.243 e. The van der Waals surface area contributed by atoms with Crippen molar-refractivity contribution in [3.05, 3.63) is 72.7 Å². The molecule has 0 aliphatic heterocycles. The van der Waals surface area contributed by atoms with Crippen molar-refractivity contribution in [1.82, 2.24) is 20.3 Å². The summed E-state index contributed by atoms with van der Waals surface area (Å²) in [5.41, 5.74) is 4.29. The minimum absolute atomic E-state index is 0.243. The Morgan fingerprint density at radius 3 is 2.60 bits per heavy atom. The van der Waals surface area contributed by atoms with Gasteiger partial charge >= 0.3 is 0 Å². The van der Waals surface area contributed by atoms with Crippen molar-refractivity contribution in [3.63, 3.8) is 0 Å². The van der Waals surface area contributed by atoms with Gasteiger partial charge < -0.3 is 5.32 Å². The minimum Gasteiger partial charge on any atom is -0.348 e. The lowest BCUT2D eigenvalue weighted by Gasteiger charge is -2.11. The van der Waals surface area contributed by atoms with Crippen LogP contribution in [0.1, 0.15) is 5.56 Å². The molecule has 2 aromatic carbocycles. The summed E-state index contributed by atoms with van der Waals surface area (Å²) >= 11 is 0. The predicted molar refractivity (Wildman–Crippen MR) is 93.9 cm³/mol. The highest BCUT2D eigenvalue weighted by Crippen LogP contribution is 2.28. The van der Waals surface area contributed by atoms with Crippen molar-refractivity contribution in [2.75, 3.05) is 0 Å². The van der Waals surface area contributed by atoms with E-state index in [0.717, 1.165) is 22.3 Å². The van der Waals surface area contributed by atoms with Crippen LogP contribution < -0.4 is 5.32 Å². The summed E-state index contributed by atoms with van der Waals surface area (Å²) in [6.45, 7) is 3.80. The fourth-order valence-electron chi connectivity index (χ4n) is 2.52. The van der Waals surface area contributed by atoms with Crippen LogP contribution in [0, 0.1) is 5.82 Å². The van der Waals surface area contributed by atoms with E-state index in [9.17, 15) is 9.18 Å². The number of hydrogen-bond acceptors (Lipinski definition) is 3. The number of nitrogens with zero attached hydrogens (tertiary/aromatic N) is 3. The average molecular weight is 336 g/mol. The third-order valence-corrected chi connectivity index (χ3v) is 3.80. The molecule has 0 bridgehead atoms. The Bertz CT molecular complexity index is 915. The Hall–Kier alpha value is -3.28. The Morgan fingerprint density at radius 2 is 1.96 bits per heavy atom. The molecular formula is C19H17FN4O. The monoisotopic (exact) mass is 336 g/mol. The van der Waals surface area contributed by atoms with E-state index >= 15 is 0 Å². The third kappa shape index (κ3) is 3.80. The molecule has 0 radical (unpaired) electrons. The number of rotatable bonds is 5. The van der Waals surface area contributed by atoms with E-state index in [0.29, 0.717) is 12.2 Å². The van der Waals surface area contributed by atoms with Gasteiger partial charge in [-0.25, -0.2) is 4.39 Å². The molecule has 0 unspecified atom stereocenters. The fraction of sp³-hybridized carbons (Fsp3) is 0.105. The van der Waals surface area contributed by atoms with Gasteiger partial charge in [-0.1, -0.05) is 36.1 Å². The van der Waals surface area contributed by atoms with Crippen molar-refractivity contribution in [2.24, 2.45) is 7.05 Å². The van der Waals surface area contributed by atoms with Gasteiger partial charge in [-0.15, -0.1) is 5.10 Å². The molecule has 3 rings (SSSR count). The number of amides is 1. The summed E-state index contributed by atoms with van der Waals surface area (Å²) < 4.78 is 14.8. The third-order valence-electron chi connectivity index (χ3n) is 3.80. The second kappa shape index (κ2) is 7.09. The number of aryl methyl sites for hydroxylation is 1. The first-order valence-corrected chi connectivity index (χ1v) is 7.72. The summed E-state index contributed by atoms with van der Waals surface area (Å²) in [4.78, 5) is 11.5. The Kier molecular flexibility index (Phi) is 4.70. The zero-order valence-electron chi connectivity index (χ0n) is 13.7. The second-order valence-corrected chi connectivity index (χ2v) is 5.58. The number of carbonyl (C=O) groups is 1. The van der Waals surface area contributed by atoms with Gasteiger partial charge in [0.05, 0.1) is 6.20 Å². The summed E-state index contributed by atoms with van der Waals surface area (Å²) in [7, 11) is 1.79. The SMILES string of the molecule is C=CC(=O)NCc1ccc(-c2ccc(F)cc2)cc1-c1cn(C)nn1. The number of carbonyl (C=O) groups excluding carboxylic acids is 1. The summed E-state index contributed by atoms with van der Waals surface area (Å²) in [5, 5.41) is 10.9. The van der Waals surface area contributed by atoms with Gasteiger partial charge in [0.15, 0.2) is 0 Å². The molecule has 0 saturated carbocycles. The second-order valence-electron chi connectivity index (χ2n) is 5.58. The van der Waals surface area contributed by atoms with Gasteiger partial charge in [0, 0.05) is 19.2 Å². The Morgan fingerprint density at radius 1 is 1.24 bits per heavy atom. The molecule has 5 nitrogen and oxygen atoms in total. The molecule has 126 valence electrons. The van der Waals surface area contributed by atoms with Gasteiger partial charge in [0.25, 0.3) is 0 Å². The molecule has 1 amide bonds. The molecule has 0 saturated heterocycles. The molecule has 0 fully saturated rings. The minimum atomic E-state index is -0.276. The largest absolute Gasteiger partial charge is 0.348 e. The summed E-state index contributed by atoms with van der Waals surface area (Å²) in [6.07, 6.45) is 3.04. The molecule has 1 aromatic heterocycles.